The Morgan fingerprint density at radius 3 is 2.56 bits per heavy atom. The molecule has 2 rings (SSSR count). The van der Waals surface area contributed by atoms with E-state index in [4.69, 9.17) is 4.74 Å². The number of aryl methyl sites for hydroxylation is 1. The van der Waals surface area contributed by atoms with E-state index in [1.165, 1.54) is 0 Å². The number of Topliss-reactive ketones (excluding diaryl/α,β-unsaturated/α-hetero) is 1. The van der Waals surface area contributed by atoms with E-state index in [-0.39, 0.29) is 18.0 Å². The zero-order valence-electron chi connectivity index (χ0n) is 10.4. The lowest BCUT2D eigenvalue weighted by molar-refractivity contribution is 0.0982. The first-order chi connectivity index (χ1) is 8.70. The summed E-state index contributed by atoms with van der Waals surface area (Å²) >= 11 is 0. The SMILES string of the molecule is COc1ccccc1CC(=O)c1ncc(C)cn1. The number of ketones is 1. The van der Waals surface area contributed by atoms with Gasteiger partial charge >= 0.3 is 0 Å². The van der Waals surface area contributed by atoms with Crippen LogP contribution in [0.3, 0.4) is 0 Å². The number of carbonyl (C=O) groups excluding carboxylic acids is 1. The summed E-state index contributed by atoms with van der Waals surface area (Å²) in [5.74, 6) is 0.837. The van der Waals surface area contributed by atoms with Crippen LogP contribution in [0.5, 0.6) is 5.75 Å². The number of hydrogen-bond acceptors (Lipinski definition) is 4. The summed E-state index contributed by atoms with van der Waals surface area (Å²) in [7, 11) is 1.59. The fourth-order valence-electron chi connectivity index (χ4n) is 1.64. The van der Waals surface area contributed by atoms with Crippen LogP contribution in [0.2, 0.25) is 0 Å². The highest BCUT2D eigenvalue weighted by Crippen LogP contribution is 2.18. The van der Waals surface area contributed by atoms with Gasteiger partial charge in [-0.1, -0.05) is 18.2 Å². The first-order valence-electron chi connectivity index (χ1n) is 5.64. The van der Waals surface area contributed by atoms with Crippen LogP contribution in [0.4, 0.5) is 0 Å². The van der Waals surface area contributed by atoms with E-state index in [1.807, 2.05) is 31.2 Å². The molecule has 0 N–H and O–H groups in total. The van der Waals surface area contributed by atoms with Crippen molar-refractivity contribution in [1.82, 2.24) is 9.97 Å². The maximum Gasteiger partial charge on any atom is 0.204 e. The molecule has 1 aromatic heterocycles. The second-order valence-electron chi connectivity index (χ2n) is 4.00. The van der Waals surface area contributed by atoms with Gasteiger partial charge in [0.1, 0.15) is 5.75 Å². The topological polar surface area (TPSA) is 52.1 Å². The highest BCUT2D eigenvalue weighted by Gasteiger charge is 2.12. The Balaban J connectivity index is 2.18. The van der Waals surface area contributed by atoms with Gasteiger partial charge in [0.15, 0.2) is 5.82 Å². The van der Waals surface area contributed by atoms with E-state index in [9.17, 15) is 4.79 Å². The van der Waals surface area contributed by atoms with Crippen LogP contribution < -0.4 is 4.74 Å². The van der Waals surface area contributed by atoms with Crippen LogP contribution in [-0.4, -0.2) is 22.9 Å². The molecule has 0 amide bonds. The number of hydrogen-bond donors (Lipinski definition) is 0. The number of aromatic nitrogens is 2. The zero-order valence-corrected chi connectivity index (χ0v) is 10.4. The highest BCUT2D eigenvalue weighted by molar-refractivity contribution is 5.94. The smallest absolute Gasteiger partial charge is 0.204 e. The van der Waals surface area contributed by atoms with Crippen molar-refractivity contribution in [3.63, 3.8) is 0 Å². The molecule has 0 aliphatic rings. The van der Waals surface area contributed by atoms with E-state index in [0.717, 1.165) is 11.1 Å². The van der Waals surface area contributed by atoms with Crippen molar-refractivity contribution < 1.29 is 9.53 Å². The van der Waals surface area contributed by atoms with Crippen molar-refractivity contribution in [2.24, 2.45) is 0 Å². The van der Waals surface area contributed by atoms with Crippen LogP contribution >= 0.6 is 0 Å². The summed E-state index contributed by atoms with van der Waals surface area (Å²) in [5.41, 5.74) is 1.78. The molecule has 18 heavy (non-hydrogen) atoms. The average Bonchev–Trinajstić information content (AvgIpc) is 2.40. The molecule has 0 fully saturated rings. The zero-order chi connectivity index (χ0) is 13.0. The van der Waals surface area contributed by atoms with Crippen molar-refractivity contribution in [3.8, 4) is 5.75 Å². The number of benzene rings is 1. The molecule has 0 unspecified atom stereocenters. The average molecular weight is 242 g/mol. The molecule has 0 radical (unpaired) electrons. The van der Waals surface area contributed by atoms with Gasteiger partial charge in [0.05, 0.1) is 7.11 Å². The second kappa shape index (κ2) is 5.40. The van der Waals surface area contributed by atoms with Crippen LogP contribution in [0, 0.1) is 6.92 Å². The number of para-hydroxylation sites is 1. The molecule has 1 aromatic carbocycles. The molecule has 0 aliphatic carbocycles. The molecular weight excluding hydrogens is 228 g/mol. The lowest BCUT2D eigenvalue weighted by Gasteiger charge is -2.06. The Hall–Kier alpha value is -2.23. The van der Waals surface area contributed by atoms with Gasteiger partial charge in [-0.3, -0.25) is 4.79 Å². The van der Waals surface area contributed by atoms with Crippen molar-refractivity contribution in [3.05, 3.63) is 53.6 Å². The van der Waals surface area contributed by atoms with Gasteiger partial charge in [-0.15, -0.1) is 0 Å². The quantitative estimate of drug-likeness (QED) is 0.771. The Labute approximate surface area is 106 Å². The van der Waals surface area contributed by atoms with E-state index in [0.29, 0.717) is 5.75 Å². The van der Waals surface area contributed by atoms with Gasteiger partial charge in [0, 0.05) is 24.4 Å². The molecule has 0 bridgehead atoms. The predicted molar refractivity (Wildman–Crippen MR) is 67.8 cm³/mol. The molecule has 0 spiro atoms. The first-order valence-corrected chi connectivity index (χ1v) is 5.64. The normalized spacial score (nSPS) is 10.1. The molecule has 4 nitrogen and oxygen atoms in total. The van der Waals surface area contributed by atoms with E-state index in [2.05, 4.69) is 9.97 Å². The number of ether oxygens (including phenoxy) is 1. The molecule has 92 valence electrons. The lowest BCUT2D eigenvalue weighted by atomic mass is 10.1. The summed E-state index contributed by atoms with van der Waals surface area (Å²) < 4.78 is 5.21. The molecule has 0 aliphatic heterocycles. The van der Waals surface area contributed by atoms with Gasteiger partial charge in [-0.2, -0.15) is 0 Å². The molecule has 0 saturated heterocycles. The monoisotopic (exact) mass is 242 g/mol. The Kier molecular flexibility index (Phi) is 3.67. The van der Waals surface area contributed by atoms with Gasteiger partial charge in [0.25, 0.3) is 0 Å². The fraction of sp³-hybridized carbons (Fsp3) is 0.214. The van der Waals surface area contributed by atoms with Crippen LogP contribution in [0.15, 0.2) is 36.7 Å². The van der Waals surface area contributed by atoms with Crippen LogP contribution in [0.25, 0.3) is 0 Å². The maximum absolute atomic E-state index is 12.0. The molecule has 1 heterocycles. The third kappa shape index (κ3) is 2.71. The minimum Gasteiger partial charge on any atom is -0.496 e. The van der Waals surface area contributed by atoms with Crippen molar-refractivity contribution in [2.75, 3.05) is 7.11 Å². The summed E-state index contributed by atoms with van der Waals surface area (Å²) in [4.78, 5) is 20.1. The number of rotatable bonds is 4. The van der Waals surface area contributed by atoms with Gasteiger partial charge in [-0.25, -0.2) is 9.97 Å². The predicted octanol–water partition coefficient (Wildman–Crippen LogP) is 2.22. The highest BCUT2D eigenvalue weighted by atomic mass is 16.5. The van der Waals surface area contributed by atoms with E-state index < -0.39 is 0 Å². The minimum absolute atomic E-state index is 0.112. The number of methoxy groups -OCH3 is 1. The third-order valence-corrected chi connectivity index (χ3v) is 2.57. The van der Waals surface area contributed by atoms with Crippen molar-refractivity contribution in [1.29, 1.82) is 0 Å². The van der Waals surface area contributed by atoms with Crippen LogP contribution in [-0.2, 0) is 6.42 Å². The lowest BCUT2D eigenvalue weighted by Crippen LogP contribution is -2.09. The van der Waals surface area contributed by atoms with E-state index in [1.54, 1.807) is 19.5 Å². The van der Waals surface area contributed by atoms with Crippen LogP contribution in [0.1, 0.15) is 21.7 Å². The first kappa shape index (κ1) is 12.2. The number of carbonyl (C=O) groups is 1. The standard InChI is InChI=1S/C14H14N2O2/c1-10-8-15-14(16-9-10)12(17)7-11-5-3-4-6-13(11)18-2/h3-6,8-9H,7H2,1-2H3. The molecule has 0 atom stereocenters. The Morgan fingerprint density at radius 2 is 1.89 bits per heavy atom. The molecular formula is C14H14N2O2. The van der Waals surface area contributed by atoms with Gasteiger partial charge in [-0.05, 0) is 18.6 Å². The maximum atomic E-state index is 12.0. The van der Waals surface area contributed by atoms with Gasteiger partial charge < -0.3 is 4.74 Å². The fourth-order valence-corrected chi connectivity index (χ4v) is 1.64. The van der Waals surface area contributed by atoms with E-state index >= 15 is 0 Å². The largest absolute Gasteiger partial charge is 0.496 e. The summed E-state index contributed by atoms with van der Waals surface area (Å²) in [5, 5.41) is 0. The molecule has 2 aromatic rings. The number of nitrogens with zero attached hydrogens (tertiary/aromatic N) is 2. The van der Waals surface area contributed by atoms with Crippen molar-refractivity contribution in [2.45, 2.75) is 13.3 Å². The third-order valence-electron chi connectivity index (χ3n) is 2.57. The second-order valence-corrected chi connectivity index (χ2v) is 4.00. The summed E-state index contributed by atoms with van der Waals surface area (Å²) in [6.07, 6.45) is 3.53. The Morgan fingerprint density at radius 1 is 1.22 bits per heavy atom. The molecule has 4 heteroatoms. The van der Waals surface area contributed by atoms with Crippen molar-refractivity contribution >= 4 is 5.78 Å². The molecule has 0 saturated carbocycles. The van der Waals surface area contributed by atoms with Gasteiger partial charge in [0.2, 0.25) is 5.78 Å². The Bertz CT molecular complexity index is 550. The minimum atomic E-state index is -0.112. The summed E-state index contributed by atoms with van der Waals surface area (Å²) in [6, 6.07) is 7.44. The summed E-state index contributed by atoms with van der Waals surface area (Å²) in [6.45, 7) is 1.88.